The van der Waals surface area contributed by atoms with E-state index in [1.807, 2.05) is 13.0 Å². The summed E-state index contributed by atoms with van der Waals surface area (Å²) in [6.45, 7) is 7.70. The molecule has 1 atom stereocenters. The molecule has 17 heavy (non-hydrogen) atoms. The lowest BCUT2D eigenvalue weighted by Gasteiger charge is -2.35. The molecule has 0 spiro atoms. The van der Waals surface area contributed by atoms with Crippen LogP contribution in [0.1, 0.15) is 51.7 Å². The summed E-state index contributed by atoms with van der Waals surface area (Å²) in [5.41, 5.74) is 2.50. The monoisotopic (exact) mass is 233 g/mol. The summed E-state index contributed by atoms with van der Waals surface area (Å²) in [6, 6.07) is 8.27. The second kappa shape index (κ2) is 4.69. The van der Waals surface area contributed by atoms with Gasteiger partial charge in [0.05, 0.1) is 6.10 Å². The Balaban J connectivity index is 2.38. The highest BCUT2D eigenvalue weighted by Gasteiger charge is 2.33. The van der Waals surface area contributed by atoms with Gasteiger partial charge in [-0.2, -0.15) is 0 Å². The average Bonchev–Trinajstić information content (AvgIpc) is 2.68. The number of para-hydroxylation sites is 1. The van der Waals surface area contributed by atoms with E-state index in [2.05, 4.69) is 36.9 Å². The van der Waals surface area contributed by atoms with Crippen molar-refractivity contribution in [1.82, 2.24) is 0 Å². The molecule has 94 valence electrons. The Morgan fingerprint density at radius 1 is 1.35 bits per heavy atom. The number of anilines is 1. The van der Waals surface area contributed by atoms with Gasteiger partial charge in [0.15, 0.2) is 0 Å². The molecule has 0 aromatic heterocycles. The summed E-state index contributed by atoms with van der Waals surface area (Å²) >= 11 is 0. The number of nitrogens with zero attached hydrogens (tertiary/aromatic N) is 1. The summed E-state index contributed by atoms with van der Waals surface area (Å²) in [5, 5.41) is 10.1. The Kier molecular flexibility index (Phi) is 3.43. The fraction of sp³-hybridized carbons (Fsp3) is 0.600. The minimum atomic E-state index is -0.345. The third kappa shape index (κ3) is 2.32. The molecule has 0 bridgehead atoms. The highest BCUT2D eigenvalue weighted by atomic mass is 16.3. The number of aliphatic hydroxyl groups excluding tert-OH is 1. The van der Waals surface area contributed by atoms with Crippen LogP contribution in [-0.2, 0) is 0 Å². The zero-order valence-corrected chi connectivity index (χ0v) is 11.1. The Labute approximate surface area is 104 Å². The predicted octanol–water partition coefficient (Wildman–Crippen LogP) is 3.51. The Morgan fingerprint density at radius 2 is 2.06 bits per heavy atom. The Morgan fingerprint density at radius 3 is 2.65 bits per heavy atom. The zero-order valence-electron chi connectivity index (χ0n) is 11.1. The van der Waals surface area contributed by atoms with Crippen LogP contribution in [0.2, 0.25) is 0 Å². The number of hydrogen-bond donors (Lipinski definition) is 1. The first-order valence-electron chi connectivity index (χ1n) is 6.61. The van der Waals surface area contributed by atoms with E-state index in [9.17, 15) is 5.11 Å². The van der Waals surface area contributed by atoms with Crippen LogP contribution in [0.25, 0.3) is 0 Å². The first-order valence-corrected chi connectivity index (χ1v) is 6.61. The summed E-state index contributed by atoms with van der Waals surface area (Å²) in [5.74, 6) is 0. The lowest BCUT2D eigenvalue weighted by molar-refractivity contribution is 0.174. The summed E-state index contributed by atoms with van der Waals surface area (Å²) in [6.07, 6.45) is 2.89. The van der Waals surface area contributed by atoms with Crippen molar-refractivity contribution in [2.45, 2.75) is 51.7 Å². The van der Waals surface area contributed by atoms with Crippen molar-refractivity contribution in [2.75, 3.05) is 11.4 Å². The van der Waals surface area contributed by atoms with E-state index in [1.54, 1.807) is 0 Å². The third-order valence-corrected chi connectivity index (χ3v) is 3.87. The van der Waals surface area contributed by atoms with Crippen molar-refractivity contribution in [3.63, 3.8) is 0 Å². The van der Waals surface area contributed by atoms with Crippen LogP contribution in [0.3, 0.4) is 0 Å². The van der Waals surface area contributed by atoms with E-state index in [4.69, 9.17) is 0 Å². The molecule has 1 aromatic rings. The maximum atomic E-state index is 10.1. The van der Waals surface area contributed by atoms with E-state index in [0.29, 0.717) is 0 Å². The first-order chi connectivity index (χ1) is 8.06. The molecule has 1 heterocycles. The van der Waals surface area contributed by atoms with Crippen molar-refractivity contribution < 1.29 is 5.11 Å². The molecular weight excluding hydrogens is 210 g/mol. The van der Waals surface area contributed by atoms with E-state index in [1.165, 1.54) is 18.5 Å². The quantitative estimate of drug-likeness (QED) is 0.863. The van der Waals surface area contributed by atoms with Gasteiger partial charge < -0.3 is 10.0 Å². The fourth-order valence-electron chi connectivity index (χ4n) is 2.79. The molecule has 2 heteroatoms. The Bertz CT molecular complexity index is 386. The lowest BCUT2D eigenvalue weighted by Crippen LogP contribution is -2.38. The molecule has 1 N–H and O–H groups in total. The average molecular weight is 233 g/mol. The molecule has 1 aliphatic heterocycles. The van der Waals surface area contributed by atoms with Gasteiger partial charge in [0.2, 0.25) is 0 Å². The van der Waals surface area contributed by atoms with E-state index in [-0.39, 0.29) is 11.6 Å². The van der Waals surface area contributed by atoms with Crippen LogP contribution in [0.4, 0.5) is 5.69 Å². The van der Waals surface area contributed by atoms with Crippen LogP contribution < -0.4 is 4.90 Å². The summed E-state index contributed by atoms with van der Waals surface area (Å²) in [4.78, 5) is 2.45. The molecule has 0 amide bonds. The zero-order chi connectivity index (χ0) is 12.5. The first kappa shape index (κ1) is 12.4. The molecule has 0 aliphatic carbocycles. The van der Waals surface area contributed by atoms with Gasteiger partial charge in [-0.3, -0.25) is 0 Å². The van der Waals surface area contributed by atoms with Crippen LogP contribution in [-0.4, -0.2) is 17.2 Å². The SMILES string of the molecule is CCC(O)c1ccccc1N1CCCC1(C)C. The minimum absolute atomic E-state index is 0.212. The number of rotatable bonds is 3. The molecule has 2 rings (SSSR count). The van der Waals surface area contributed by atoms with Gasteiger partial charge in [0.25, 0.3) is 0 Å². The van der Waals surface area contributed by atoms with E-state index >= 15 is 0 Å². The molecule has 0 saturated carbocycles. The molecule has 2 nitrogen and oxygen atoms in total. The molecule has 1 unspecified atom stereocenters. The largest absolute Gasteiger partial charge is 0.388 e. The lowest BCUT2D eigenvalue weighted by atomic mass is 9.98. The minimum Gasteiger partial charge on any atom is -0.388 e. The van der Waals surface area contributed by atoms with Gasteiger partial charge in [-0.25, -0.2) is 0 Å². The molecule has 1 aliphatic rings. The van der Waals surface area contributed by atoms with E-state index in [0.717, 1.165) is 18.5 Å². The number of aliphatic hydroxyl groups is 1. The van der Waals surface area contributed by atoms with Gasteiger partial charge in [0.1, 0.15) is 0 Å². The van der Waals surface area contributed by atoms with Crippen LogP contribution >= 0.6 is 0 Å². The summed E-state index contributed by atoms with van der Waals surface area (Å²) in [7, 11) is 0. The standard InChI is InChI=1S/C15H23NO/c1-4-14(17)12-8-5-6-9-13(12)16-11-7-10-15(16,2)3/h5-6,8-9,14,17H,4,7,10-11H2,1-3H3. The smallest absolute Gasteiger partial charge is 0.0807 e. The molecular formula is C15H23NO. The van der Waals surface area contributed by atoms with Crippen molar-refractivity contribution in [3.8, 4) is 0 Å². The summed E-state index contributed by atoms with van der Waals surface area (Å²) < 4.78 is 0. The Hall–Kier alpha value is -1.02. The maximum Gasteiger partial charge on any atom is 0.0807 e. The molecule has 1 saturated heterocycles. The van der Waals surface area contributed by atoms with Crippen LogP contribution in [0, 0.1) is 0 Å². The van der Waals surface area contributed by atoms with Crippen molar-refractivity contribution in [3.05, 3.63) is 29.8 Å². The van der Waals surface area contributed by atoms with Crippen molar-refractivity contribution >= 4 is 5.69 Å². The molecule has 1 fully saturated rings. The van der Waals surface area contributed by atoms with Gasteiger partial charge >= 0.3 is 0 Å². The normalized spacial score (nSPS) is 20.6. The van der Waals surface area contributed by atoms with Gasteiger partial charge in [0, 0.05) is 23.3 Å². The predicted molar refractivity (Wildman–Crippen MR) is 72.4 cm³/mol. The number of hydrogen-bond acceptors (Lipinski definition) is 2. The maximum absolute atomic E-state index is 10.1. The third-order valence-electron chi connectivity index (χ3n) is 3.87. The molecule has 0 radical (unpaired) electrons. The highest BCUT2D eigenvalue weighted by Crippen LogP contribution is 2.37. The number of benzene rings is 1. The second-order valence-electron chi connectivity index (χ2n) is 5.55. The fourth-order valence-corrected chi connectivity index (χ4v) is 2.79. The van der Waals surface area contributed by atoms with Crippen LogP contribution in [0.5, 0.6) is 0 Å². The van der Waals surface area contributed by atoms with Crippen molar-refractivity contribution in [2.24, 2.45) is 0 Å². The topological polar surface area (TPSA) is 23.5 Å². The van der Waals surface area contributed by atoms with Gasteiger partial charge in [-0.05, 0) is 39.2 Å². The van der Waals surface area contributed by atoms with E-state index < -0.39 is 0 Å². The molecule has 1 aromatic carbocycles. The second-order valence-corrected chi connectivity index (χ2v) is 5.55. The van der Waals surface area contributed by atoms with Gasteiger partial charge in [-0.15, -0.1) is 0 Å². The highest BCUT2D eigenvalue weighted by molar-refractivity contribution is 5.57. The van der Waals surface area contributed by atoms with Crippen molar-refractivity contribution in [1.29, 1.82) is 0 Å². The van der Waals surface area contributed by atoms with Crippen LogP contribution in [0.15, 0.2) is 24.3 Å². The van der Waals surface area contributed by atoms with Gasteiger partial charge in [-0.1, -0.05) is 25.1 Å².